The van der Waals surface area contributed by atoms with Crippen molar-refractivity contribution in [2.75, 3.05) is 37.7 Å². The van der Waals surface area contributed by atoms with Crippen molar-refractivity contribution in [3.63, 3.8) is 0 Å². The zero-order valence-electron chi connectivity index (χ0n) is 14.7. The highest BCUT2D eigenvalue weighted by Gasteiger charge is 2.29. The Hall–Kier alpha value is -1.86. The largest absolute Gasteiger partial charge is 0.336 e. The number of nitrogens with zero attached hydrogens (tertiary/aromatic N) is 3. The molecule has 1 N–H and O–H groups in total. The predicted octanol–water partition coefficient (Wildman–Crippen LogP) is 2.87. The third kappa shape index (κ3) is 3.64. The second kappa shape index (κ2) is 7.80. The van der Waals surface area contributed by atoms with Gasteiger partial charge in [0.25, 0.3) is 5.91 Å². The van der Waals surface area contributed by atoms with Gasteiger partial charge in [0.2, 0.25) is 0 Å². The lowest BCUT2D eigenvalue weighted by molar-refractivity contribution is 0.0560. The van der Waals surface area contributed by atoms with Crippen LogP contribution in [0.3, 0.4) is 0 Å². The van der Waals surface area contributed by atoms with Crippen LogP contribution in [-0.4, -0.2) is 69.6 Å². The van der Waals surface area contributed by atoms with Crippen molar-refractivity contribution in [2.24, 2.45) is 0 Å². The topological polar surface area (TPSA) is 52.2 Å². The van der Waals surface area contributed by atoms with Crippen LogP contribution >= 0.6 is 11.8 Å². The summed E-state index contributed by atoms with van der Waals surface area (Å²) >= 11 is 2.04. The van der Waals surface area contributed by atoms with E-state index in [1.165, 1.54) is 36.5 Å². The average molecular weight is 374 g/mol. The molecule has 138 valence electrons. The maximum atomic E-state index is 13.5. The lowest BCUT2D eigenvalue weighted by Crippen LogP contribution is -2.52. The minimum atomic E-state index is -0.324. The number of halogens is 1. The van der Waals surface area contributed by atoms with Gasteiger partial charge in [-0.2, -0.15) is 16.9 Å². The second-order valence-corrected chi connectivity index (χ2v) is 8.07. The molecule has 0 radical (unpaired) electrons. The van der Waals surface area contributed by atoms with Crippen molar-refractivity contribution in [1.29, 1.82) is 0 Å². The molecule has 7 heteroatoms. The number of piperazine rings is 1. The predicted molar refractivity (Wildman–Crippen MR) is 102 cm³/mol. The zero-order valence-corrected chi connectivity index (χ0v) is 15.5. The highest BCUT2D eigenvalue weighted by molar-refractivity contribution is 7.99. The summed E-state index contributed by atoms with van der Waals surface area (Å²) in [6, 6.07) is 6.91. The minimum absolute atomic E-state index is 0.0307. The summed E-state index contributed by atoms with van der Waals surface area (Å²) in [6.07, 6.45) is 4.06. The first kappa shape index (κ1) is 17.5. The second-order valence-electron chi connectivity index (χ2n) is 6.84. The SMILES string of the molecule is O=C(c1cn[nH]c1-c1cccc(F)c1)N1CCN(C2CCSCC2)CC1. The van der Waals surface area contributed by atoms with E-state index in [4.69, 9.17) is 0 Å². The van der Waals surface area contributed by atoms with Crippen LogP contribution in [0.15, 0.2) is 30.5 Å². The van der Waals surface area contributed by atoms with Crippen LogP contribution < -0.4 is 0 Å². The van der Waals surface area contributed by atoms with Gasteiger partial charge in [-0.25, -0.2) is 4.39 Å². The smallest absolute Gasteiger partial charge is 0.257 e. The van der Waals surface area contributed by atoms with Crippen LogP contribution in [0, 0.1) is 5.82 Å². The number of aromatic nitrogens is 2. The maximum absolute atomic E-state index is 13.5. The van der Waals surface area contributed by atoms with E-state index in [-0.39, 0.29) is 11.7 Å². The van der Waals surface area contributed by atoms with Gasteiger partial charge in [-0.15, -0.1) is 0 Å². The number of benzene rings is 1. The molecule has 1 amide bonds. The minimum Gasteiger partial charge on any atom is -0.336 e. The Morgan fingerprint density at radius 3 is 2.69 bits per heavy atom. The van der Waals surface area contributed by atoms with Gasteiger partial charge >= 0.3 is 0 Å². The summed E-state index contributed by atoms with van der Waals surface area (Å²) in [5, 5.41) is 6.88. The van der Waals surface area contributed by atoms with Crippen molar-refractivity contribution < 1.29 is 9.18 Å². The molecule has 3 heterocycles. The van der Waals surface area contributed by atoms with Crippen LogP contribution in [0.4, 0.5) is 4.39 Å². The van der Waals surface area contributed by atoms with E-state index in [1.807, 2.05) is 16.7 Å². The van der Waals surface area contributed by atoms with Gasteiger partial charge in [0, 0.05) is 37.8 Å². The molecule has 26 heavy (non-hydrogen) atoms. The molecule has 2 aromatic rings. The molecule has 5 nitrogen and oxygen atoms in total. The normalized spacial score (nSPS) is 19.7. The molecule has 0 aliphatic carbocycles. The number of carbonyl (C=O) groups is 1. The van der Waals surface area contributed by atoms with Crippen molar-refractivity contribution >= 4 is 17.7 Å². The van der Waals surface area contributed by atoms with Gasteiger partial charge in [0.05, 0.1) is 17.5 Å². The van der Waals surface area contributed by atoms with Crippen LogP contribution in [-0.2, 0) is 0 Å². The van der Waals surface area contributed by atoms with E-state index < -0.39 is 0 Å². The van der Waals surface area contributed by atoms with Gasteiger partial charge in [-0.05, 0) is 36.5 Å². The van der Waals surface area contributed by atoms with Crippen LogP contribution in [0.5, 0.6) is 0 Å². The summed E-state index contributed by atoms with van der Waals surface area (Å²) in [6.45, 7) is 3.31. The standard InChI is InChI=1S/C19H23FN4OS/c20-15-3-1-2-14(12-15)18-17(13-21-22-18)19(25)24-8-6-23(7-9-24)16-4-10-26-11-5-16/h1-3,12-13,16H,4-11H2,(H,21,22). The number of hydrogen-bond acceptors (Lipinski definition) is 4. The van der Waals surface area contributed by atoms with Crippen LogP contribution in [0.25, 0.3) is 11.3 Å². The fourth-order valence-corrected chi connectivity index (χ4v) is 4.90. The van der Waals surface area contributed by atoms with Crippen molar-refractivity contribution in [3.05, 3.63) is 41.8 Å². The van der Waals surface area contributed by atoms with Crippen molar-refractivity contribution in [3.8, 4) is 11.3 Å². The number of hydrogen-bond donors (Lipinski definition) is 1. The summed E-state index contributed by atoms with van der Waals surface area (Å²) in [5.74, 6) is 2.14. The Kier molecular flexibility index (Phi) is 5.26. The van der Waals surface area contributed by atoms with E-state index >= 15 is 0 Å². The third-order valence-corrected chi connectivity index (χ3v) is 6.34. The first-order valence-corrected chi connectivity index (χ1v) is 10.3. The molecule has 0 spiro atoms. The molecule has 2 aliphatic heterocycles. The molecule has 0 unspecified atom stereocenters. The van der Waals surface area contributed by atoms with Gasteiger partial charge in [0.1, 0.15) is 5.82 Å². The number of aromatic amines is 1. The van der Waals surface area contributed by atoms with Gasteiger partial charge in [-0.3, -0.25) is 14.8 Å². The number of H-pyrrole nitrogens is 1. The number of carbonyl (C=O) groups excluding carboxylic acids is 1. The van der Waals surface area contributed by atoms with E-state index in [2.05, 4.69) is 15.1 Å². The number of rotatable bonds is 3. The van der Waals surface area contributed by atoms with Gasteiger partial charge < -0.3 is 4.90 Å². The average Bonchev–Trinajstić information content (AvgIpc) is 3.18. The Morgan fingerprint density at radius 1 is 1.19 bits per heavy atom. The van der Waals surface area contributed by atoms with Crippen LogP contribution in [0.2, 0.25) is 0 Å². The molecule has 1 aromatic carbocycles. The Bertz CT molecular complexity index is 766. The maximum Gasteiger partial charge on any atom is 0.257 e. The lowest BCUT2D eigenvalue weighted by atomic mass is 10.1. The highest BCUT2D eigenvalue weighted by atomic mass is 32.2. The molecule has 2 saturated heterocycles. The lowest BCUT2D eigenvalue weighted by Gasteiger charge is -2.40. The van der Waals surface area contributed by atoms with Crippen molar-refractivity contribution in [1.82, 2.24) is 20.0 Å². The molecule has 0 atom stereocenters. The van der Waals surface area contributed by atoms with E-state index in [0.717, 1.165) is 26.2 Å². The fourth-order valence-electron chi connectivity index (χ4n) is 3.82. The molecule has 2 aliphatic rings. The highest BCUT2D eigenvalue weighted by Crippen LogP contribution is 2.25. The number of nitrogens with one attached hydrogen (secondary N) is 1. The van der Waals surface area contributed by atoms with Gasteiger partial charge in [-0.1, -0.05) is 12.1 Å². The molecule has 4 rings (SSSR count). The molecular weight excluding hydrogens is 351 g/mol. The summed E-state index contributed by atoms with van der Waals surface area (Å²) < 4.78 is 13.5. The summed E-state index contributed by atoms with van der Waals surface area (Å²) in [4.78, 5) is 17.4. The summed E-state index contributed by atoms with van der Waals surface area (Å²) in [7, 11) is 0. The Morgan fingerprint density at radius 2 is 1.96 bits per heavy atom. The quantitative estimate of drug-likeness (QED) is 0.898. The first-order chi connectivity index (χ1) is 12.7. The molecule has 1 aromatic heterocycles. The van der Waals surface area contributed by atoms with Gasteiger partial charge in [0.15, 0.2) is 0 Å². The number of thioether (sulfide) groups is 1. The molecule has 0 saturated carbocycles. The Labute approximate surface area is 156 Å². The molecule has 0 bridgehead atoms. The third-order valence-electron chi connectivity index (χ3n) is 5.29. The first-order valence-electron chi connectivity index (χ1n) is 9.13. The zero-order chi connectivity index (χ0) is 17.9. The Balaban J connectivity index is 1.44. The number of amides is 1. The fraction of sp³-hybridized carbons (Fsp3) is 0.474. The van der Waals surface area contributed by atoms with E-state index in [1.54, 1.807) is 18.3 Å². The monoisotopic (exact) mass is 374 g/mol. The summed E-state index contributed by atoms with van der Waals surface area (Å²) in [5.41, 5.74) is 1.74. The molecular formula is C19H23FN4OS. The van der Waals surface area contributed by atoms with Crippen molar-refractivity contribution in [2.45, 2.75) is 18.9 Å². The molecule has 2 fully saturated rings. The van der Waals surface area contributed by atoms with E-state index in [0.29, 0.717) is 22.9 Å². The van der Waals surface area contributed by atoms with E-state index in [9.17, 15) is 9.18 Å². The van der Waals surface area contributed by atoms with Crippen LogP contribution in [0.1, 0.15) is 23.2 Å².